The first kappa shape index (κ1) is 20.1. The number of fused-ring (bicyclic) bond motifs is 1. The molecule has 0 fully saturated rings. The number of carbonyl (C=O) groups excluding carboxylic acids is 2. The third kappa shape index (κ3) is 3.77. The maximum atomic E-state index is 13.2. The van der Waals surface area contributed by atoms with Gasteiger partial charge < -0.3 is 20.0 Å². The van der Waals surface area contributed by atoms with Gasteiger partial charge in [-0.15, -0.1) is 0 Å². The summed E-state index contributed by atoms with van der Waals surface area (Å²) in [5, 5.41) is 6.26. The van der Waals surface area contributed by atoms with Crippen molar-refractivity contribution in [1.29, 1.82) is 0 Å². The van der Waals surface area contributed by atoms with E-state index in [9.17, 15) is 14.0 Å². The average molecular weight is 431 g/mol. The van der Waals surface area contributed by atoms with E-state index in [4.69, 9.17) is 4.42 Å². The minimum absolute atomic E-state index is 0.0223. The molecular formula is C25H22FN3O3. The normalized spacial score (nSPS) is 17.8. The number of hydrogen-bond acceptors (Lipinski definition) is 5. The Balaban J connectivity index is 1.57. The van der Waals surface area contributed by atoms with Gasteiger partial charge in [0.15, 0.2) is 5.78 Å². The number of Topliss-reactive ketones (excluding diaryl/α,β-unsaturated/α-hetero) is 1. The number of nitrogens with zero attached hydrogens (tertiary/aromatic N) is 1. The van der Waals surface area contributed by atoms with Crippen LogP contribution in [0.3, 0.4) is 0 Å². The molecule has 162 valence electrons. The van der Waals surface area contributed by atoms with Crippen molar-refractivity contribution in [3.8, 4) is 0 Å². The molecular weight excluding hydrogens is 409 g/mol. The third-order valence-corrected chi connectivity index (χ3v) is 5.79. The third-order valence-electron chi connectivity index (χ3n) is 5.79. The number of ketones is 1. The van der Waals surface area contributed by atoms with Crippen LogP contribution in [0.2, 0.25) is 0 Å². The summed E-state index contributed by atoms with van der Waals surface area (Å²) in [5.74, 6) is -0.00307. The molecule has 6 nitrogen and oxygen atoms in total. The lowest BCUT2D eigenvalue weighted by Crippen LogP contribution is -2.38. The Hall–Kier alpha value is -3.87. The number of allylic oxidation sites excluding steroid dienone is 1. The Labute approximate surface area is 184 Å². The fourth-order valence-electron chi connectivity index (χ4n) is 4.41. The number of amides is 1. The average Bonchev–Trinajstić information content (AvgIpc) is 3.27. The standard InChI is InChI=1S/C25H22FN3O3/c26-16-10-12-17(13-11-16)27-23(31)15-29-20-7-2-1-5-18(20)28-19-6-3-8-21(30)24(19)25(29)22-9-4-14-32-22/h1-2,4-5,7,9-14,25,28H,3,6,8,15H2,(H,27,31)/t25-/m1/s1. The highest BCUT2D eigenvalue weighted by molar-refractivity contribution is 6.02. The van der Waals surface area contributed by atoms with Gasteiger partial charge in [-0.3, -0.25) is 9.59 Å². The Bertz CT molecular complexity index is 1190. The summed E-state index contributed by atoms with van der Waals surface area (Å²) in [6, 6.07) is 16.4. The number of hydrogen-bond donors (Lipinski definition) is 2. The summed E-state index contributed by atoms with van der Waals surface area (Å²) in [4.78, 5) is 28.0. The van der Waals surface area contributed by atoms with Crippen molar-refractivity contribution in [1.82, 2.24) is 0 Å². The SMILES string of the molecule is O=C(CN1c2ccccc2NC2=C(C(=O)CCC2)[C@H]1c1ccco1)Nc1ccc(F)cc1. The van der Waals surface area contributed by atoms with Crippen molar-refractivity contribution in [2.45, 2.75) is 25.3 Å². The van der Waals surface area contributed by atoms with Crippen LogP contribution in [0.1, 0.15) is 31.1 Å². The van der Waals surface area contributed by atoms with E-state index >= 15 is 0 Å². The number of halogens is 1. The molecule has 2 aromatic carbocycles. The van der Waals surface area contributed by atoms with Crippen LogP contribution >= 0.6 is 0 Å². The summed E-state index contributed by atoms with van der Waals surface area (Å²) >= 11 is 0. The van der Waals surface area contributed by atoms with Crippen molar-refractivity contribution < 1.29 is 18.4 Å². The summed E-state index contributed by atoms with van der Waals surface area (Å²) in [6.45, 7) is -0.0223. The second-order valence-corrected chi connectivity index (χ2v) is 7.91. The van der Waals surface area contributed by atoms with E-state index in [0.717, 1.165) is 29.9 Å². The number of benzene rings is 2. The van der Waals surface area contributed by atoms with Gasteiger partial charge >= 0.3 is 0 Å². The van der Waals surface area contributed by atoms with Crippen LogP contribution in [0.15, 0.2) is 82.6 Å². The highest BCUT2D eigenvalue weighted by atomic mass is 19.1. The van der Waals surface area contributed by atoms with Crippen LogP contribution in [0, 0.1) is 5.82 Å². The summed E-state index contributed by atoms with van der Waals surface area (Å²) in [6.07, 6.45) is 3.57. The first-order chi connectivity index (χ1) is 15.6. The number of anilines is 3. The second-order valence-electron chi connectivity index (χ2n) is 7.91. The zero-order chi connectivity index (χ0) is 22.1. The van der Waals surface area contributed by atoms with E-state index < -0.39 is 6.04 Å². The molecule has 1 aromatic heterocycles. The number of carbonyl (C=O) groups is 2. The molecule has 2 N–H and O–H groups in total. The van der Waals surface area contributed by atoms with Gasteiger partial charge in [0.25, 0.3) is 0 Å². The topological polar surface area (TPSA) is 74.6 Å². The van der Waals surface area contributed by atoms with E-state index in [1.807, 2.05) is 35.2 Å². The van der Waals surface area contributed by atoms with E-state index in [0.29, 0.717) is 23.4 Å². The number of rotatable bonds is 4. The van der Waals surface area contributed by atoms with Gasteiger partial charge in [-0.05, 0) is 61.4 Å². The minimum atomic E-state index is -0.539. The molecule has 0 unspecified atom stereocenters. The van der Waals surface area contributed by atoms with Crippen LogP contribution in [-0.2, 0) is 9.59 Å². The van der Waals surface area contributed by atoms with E-state index in [1.54, 1.807) is 12.3 Å². The van der Waals surface area contributed by atoms with Crippen molar-refractivity contribution in [2.75, 3.05) is 22.1 Å². The zero-order valence-electron chi connectivity index (χ0n) is 17.3. The molecule has 0 saturated carbocycles. The van der Waals surface area contributed by atoms with Gasteiger partial charge in [0, 0.05) is 23.4 Å². The Kier molecular flexibility index (Phi) is 5.23. The molecule has 0 spiro atoms. The summed E-state index contributed by atoms with van der Waals surface area (Å²) < 4.78 is 19.0. The molecule has 3 aromatic rings. The maximum absolute atomic E-state index is 13.2. The van der Waals surface area contributed by atoms with E-state index in [2.05, 4.69) is 10.6 Å². The second kappa shape index (κ2) is 8.34. The van der Waals surface area contributed by atoms with Crippen LogP contribution in [-0.4, -0.2) is 18.2 Å². The van der Waals surface area contributed by atoms with Crippen LogP contribution < -0.4 is 15.5 Å². The van der Waals surface area contributed by atoms with Gasteiger partial charge in [-0.2, -0.15) is 0 Å². The van der Waals surface area contributed by atoms with E-state index in [1.165, 1.54) is 24.3 Å². The molecule has 7 heteroatoms. The minimum Gasteiger partial charge on any atom is -0.467 e. The Morgan fingerprint density at radius 3 is 2.69 bits per heavy atom. The van der Waals surface area contributed by atoms with Gasteiger partial charge in [-0.1, -0.05) is 12.1 Å². The largest absolute Gasteiger partial charge is 0.467 e. The molecule has 2 aliphatic rings. The number of para-hydroxylation sites is 2. The molecule has 1 amide bonds. The smallest absolute Gasteiger partial charge is 0.243 e. The fourth-order valence-corrected chi connectivity index (χ4v) is 4.41. The Morgan fingerprint density at radius 2 is 1.91 bits per heavy atom. The zero-order valence-corrected chi connectivity index (χ0v) is 17.3. The summed E-state index contributed by atoms with van der Waals surface area (Å²) in [7, 11) is 0. The molecule has 5 rings (SSSR count). The summed E-state index contributed by atoms with van der Waals surface area (Å²) in [5.41, 5.74) is 3.64. The highest BCUT2D eigenvalue weighted by Gasteiger charge is 2.38. The lowest BCUT2D eigenvalue weighted by atomic mass is 9.88. The van der Waals surface area contributed by atoms with E-state index in [-0.39, 0.29) is 24.1 Å². The number of nitrogens with one attached hydrogen (secondary N) is 2. The molecule has 1 aliphatic carbocycles. The van der Waals surface area contributed by atoms with Crippen molar-refractivity contribution in [3.05, 3.63) is 89.8 Å². The van der Waals surface area contributed by atoms with Crippen molar-refractivity contribution >= 4 is 28.8 Å². The first-order valence-electron chi connectivity index (χ1n) is 10.6. The molecule has 0 bridgehead atoms. The first-order valence-corrected chi connectivity index (χ1v) is 10.6. The Morgan fingerprint density at radius 1 is 1.09 bits per heavy atom. The molecule has 1 aliphatic heterocycles. The van der Waals surface area contributed by atoms with Crippen LogP contribution in [0.5, 0.6) is 0 Å². The van der Waals surface area contributed by atoms with Crippen LogP contribution in [0.4, 0.5) is 21.5 Å². The molecule has 0 radical (unpaired) electrons. The molecule has 32 heavy (non-hydrogen) atoms. The van der Waals surface area contributed by atoms with Gasteiger partial charge in [-0.25, -0.2) is 4.39 Å². The van der Waals surface area contributed by atoms with Crippen molar-refractivity contribution in [2.24, 2.45) is 0 Å². The molecule has 1 atom stereocenters. The number of furan rings is 1. The lowest BCUT2D eigenvalue weighted by molar-refractivity contribution is -0.117. The highest BCUT2D eigenvalue weighted by Crippen LogP contribution is 2.44. The van der Waals surface area contributed by atoms with Crippen LogP contribution in [0.25, 0.3) is 0 Å². The van der Waals surface area contributed by atoms with Crippen molar-refractivity contribution in [3.63, 3.8) is 0 Å². The predicted molar refractivity (Wildman–Crippen MR) is 120 cm³/mol. The van der Waals surface area contributed by atoms with Gasteiger partial charge in [0.05, 0.1) is 24.2 Å². The lowest BCUT2D eigenvalue weighted by Gasteiger charge is -2.33. The monoisotopic (exact) mass is 431 g/mol. The fraction of sp³-hybridized carbons (Fsp3) is 0.200. The predicted octanol–water partition coefficient (Wildman–Crippen LogP) is 5.04. The maximum Gasteiger partial charge on any atom is 0.243 e. The quantitative estimate of drug-likeness (QED) is 0.606. The van der Waals surface area contributed by atoms with Gasteiger partial charge in [0.2, 0.25) is 5.91 Å². The van der Waals surface area contributed by atoms with Gasteiger partial charge in [0.1, 0.15) is 17.6 Å². The molecule has 2 heterocycles. The molecule has 0 saturated heterocycles.